The van der Waals surface area contributed by atoms with Gasteiger partial charge in [0, 0.05) is 35.6 Å². The minimum absolute atomic E-state index is 0.139. The molecule has 2 rings (SSSR count). The van der Waals surface area contributed by atoms with E-state index in [4.69, 9.17) is 14.2 Å². The maximum absolute atomic E-state index is 12.4. The van der Waals surface area contributed by atoms with E-state index in [9.17, 15) is 9.59 Å². The first-order valence-electron chi connectivity index (χ1n) is 8.43. The Morgan fingerprint density at radius 3 is 2.46 bits per heavy atom. The molecule has 0 saturated carbocycles. The number of ether oxygens (including phenoxy) is 3. The van der Waals surface area contributed by atoms with Crippen molar-refractivity contribution in [3.63, 3.8) is 0 Å². The van der Waals surface area contributed by atoms with Crippen LogP contribution in [0.15, 0.2) is 28.4 Å². The quantitative estimate of drug-likeness (QED) is 0.625. The van der Waals surface area contributed by atoms with Crippen LogP contribution in [0.25, 0.3) is 0 Å². The minimum Gasteiger partial charge on any atom is -0.493 e. The lowest BCUT2D eigenvalue weighted by Crippen LogP contribution is -2.43. The third-order valence-corrected chi connectivity index (χ3v) is 5.24. The van der Waals surface area contributed by atoms with Crippen LogP contribution < -0.4 is 9.47 Å². The number of carbonyl (C=O) groups is 2. The van der Waals surface area contributed by atoms with Crippen LogP contribution in [0.3, 0.4) is 0 Å². The number of allylic oxidation sites excluding steroid dienone is 1. The molecule has 0 spiro atoms. The van der Waals surface area contributed by atoms with E-state index in [0.717, 1.165) is 15.6 Å². The van der Waals surface area contributed by atoms with E-state index in [1.807, 2.05) is 24.0 Å². The highest BCUT2D eigenvalue weighted by Crippen LogP contribution is 2.34. The fourth-order valence-corrected chi connectivity index (χ4v) is 3.48. The van der Waals surface area contributed by atoms with Crippen LogP contribution in [0, 0.1) is 0 Å². The van der Waals surface area contributed by atoms with E-state index in [-0.39, 0.29) is 11.8 Å². The third-order valence-electron chi connectivity index (χ3n) is 4.50. The van der Waals surface area contributed by atoms with E-state index < -0.39 is 6.04 Å². The van der Waals surface area contributed by atoms with Crippen LogP contribution in [0.5, 0.6) is 11.5 Å². The van der Waals surface area contributed by atoms with Gasteiger partial charge in [-0.2, -0.15) is 0 Å². The van der Waals surface area contributed by atoms with E-state index in [2.05, 4.69) is 15.9 Å². The smallest absolute Gasteiger partial charge is 0.328 e. The van der Waals surface area contributed by atoms with Gasteiger partial charge in [0.25, 0.3) is 0 Å². The summed E-state index contributed by atoms with van der Waals surface area (Å²) in [5, 5.41) is 0. The van der Waals surface area contributed by atoms with Gasteiger partial charge < -0.3 is 19.1 Å². The molecule has 1 aromatic rings. The second kappa shape index (κ2) is 9.07. The summed E-state index contributed by atoms with van der Waals surface area (Å²) >= 11 is 3.53. The molecule has 0 saturated heterocycles. The fourth-order valence-electron chi connectivity index (χ4n) is 3.00. The number of carbonyl (C=O) groups excluding carboxylic acids is 2. The second-order valence-corrected chi connectivity index (χ2v) is 6.81. The number of esters is 1. The average molecular weight is 426 g/mol. The Labute approximate surface area is 162 Å². The molecule has 0 bridgehead atoms. The van der Waals surface area contributed by atoms with Crippen molar-refractivity contribution in [3.8, 4) is 11.5 Å². The van der Waals surface area contributed by atoms with Crippen molar-refractivity contribution in [3.05, 3.63) is 33.9 Å². The molecule has 0 radical (unpaired) electrons. The molecule has 0 unspecified atom stereocenters. The molecule has 1 aliphatic heterocycles. The molecule has 26 heavy (non-hydrogen) atoms. The van der Waals surface area contributed by atoms with Crippen LogP contribution in [0.2, 0.25) is 0 Å². The first-order chi connectivity index (χ1) is 12.4. The summed E-state index contributed by atoms with van der Waals surface area (Å²) in [7, 11) is 4.52. The lowest BCUT2D eigenvalue weighted by Gasteiger charge is -2.32. The van der Waals surface area contributed by atoms with Crippen LogP contribution >= 0.6 is 15.9 Å². The van der Waals surface area contributed by atoms with Gasteiger partial charge in [0.2, 0.25) is 0 Å². The predicted molar refractivity (Wildman–Crippen MR) is 101 cm³/mol. The zero-order valence-corrected chi connectivity index (χ0v) is 17.1. The van der Waals surface area contributed by atoms with Crippen LogP contribution in [-0.2, 0) is 20.7 Å². The number of hydrogen-bond acceptors (Lipinski definition) is 6. The molecule has 0 amide bonds. The summed E-state index contributed by atoms with van der Waals surface area (Å²) in [5.41, 5.74) is 1.62. The average Bonchev–Trinajstić information content (AvgIpc) is 2.66. The summed E-state index contributed by atoms with van der Waals surface area (Å²) in [6.07, 6.45) is 3.25. The predicted octanol–water partition coefficient (Wildman–Crippen LogP) is 3.12. The third kappa shape index (κ3) is 4.38. The maximum Gasteiger partial charge on any atom is 0.328 e. The number of nitrogens with zero attached hydrogens (tertiary/aromatic N) is 1. The molecule has 0 aromatic heterocycles. The normalized spacial score (nSPS) is 15.3. The number of rotatable bonds is 7. The Balaban J connectivity index is 2.36. The lowest BCUT2D eigenvalue weighted by atomic mass is 9.99. The molecule has 0 aliphatic carbocycles. The Bertz CT molecular complexity index is 716. The lowest BCUT2D eigenvalue weighted by molar-refractivity contribution is -0.146. The minimum atomic E-state index is -0.524. The topological polar surface area (TPSA) is 65.1 Å². The fraction of sp³-hybridized carbons (Fsp3) is 0.474. The number of halogens is 1. The molecule has 7 heteroatoms. The molecule has 1 atom stereocenters. The van der Waals surface area contributed by atoms with Crippen LogP contribution in [-0.4, -0.2) is 50.6 Å². The van der Waals surface area contributed by atoms with Crippen molar-refractivity contribution in [2.24, 2.45) is 0 Å². The number of Topliss-reactive ketones (excluding diaryl/α,β-unsaturated/α-hetero) is 1. The Kier molecular flexibility index (Phi) is 7.08. The standard InChI is InChI=1S/C19H24BrNO5/c1-5-12-11-21(7-6-16(12)22)15(19(23)26-4)8-13-9-17(24-2)18(25-3)10-14(13)20/h9-11,15H,5-8H2,1-4H3/t15-/m0/s1. The monoisotopic (exact) mass is 425 g/mol. The Morgan fingerprint density at radius 1 is 1.23 bits per heavy atom. The summed E-state index contributed by atoms with van der Waals surface area (Å²) in [5.74, 6) is 0.995. The van der Waals surface area contributed by atoms with Crippen molar-refractivity contribution in [2.45, 2.75) is 32.2 Å². The second-order valence-electron chi connectivity index (χ2n) is 5.96. The molecule has 0 N–H and O–H groups in total. The van der Waals surface area contributed by atoms with Gasteiger partial charge in [0.1, 0.15) is 6.04 Å². The van der Waals surface area contributed by atoms with Crippen molar-refractivity contribution in [2.75, 3.05) is 27.9 Å². The number of ketones is 1. The van der Waals surface area contributed by atoms with Gasteiger partial charge in [0.05, 0.1) is 21.3 Å². The first kappa shape index (κ1) is 20.3. The van der Waals surface area contributed by atoms with Crippen LogP contribution in [0.4, 0.5) is 0 Å². The van der Waals surface area contributed by atoms with Gasteiger partial charge in [-0.25, -0.2) is 4.79 Å². The number of hydrogen-bond donors (Lipinski definition) is 0. The van der Waals surface area contributed by atoms with E-state index in [0.29, 0.717) is 37.3 Å². The Morgan fingerprint density at radius 2 is 1.88 bits per heavy atom. The SMILES string of the molecule is CCC1=CN([C@@H](Cc2cc(OC)c(OC)cc2Br)C(=O)OC)CCC1=O. The molecule has 0 fully saturated rings. The summed E-state index contributed by atoms with van der Waals surface area (Å²) in [6.45, 7) is 2.43. The molecular formula is C19H24BrNO5. The maximum atomic E-state index is 12.4. The zero-order chi connectivity index (χ0) is 19.3. The van der Waals surface area contributed by atoms with E-state index in [1.54, 1.807) is 20.4 Å². The highest BCUT2D eigenvalue weighted by Gasteiger charge is 2.30. The Hall–Kier alpha value is -2.02. The molecule has 6 nitrogen and oxygen atoms in total. The van der Waals surface area contributed by atoms with E-state index in [1.165, 1.54) is 7.11 Å². The van der Waals surface area contributed by atoms with Gasteiger partial charge >= 0.3 is 5.97 Å². The van der Waals surface area contributed by atoms with Crippen molar-refractivity contribution in [1.29, 1.82) is 0 Å². The largest absolute Gasteiger partial charge is 0.493 e. The number of benzene rings is 1. The molecule has 1 aliphatic rings. The molecule has 1 aromatic carbocycles. The van der Waals surface area contributed by atoms with Gasteiger partial charge in [-0.05, 0) is 24.1 Å². The van der Waals surface area contributed by atoms with Gasteiger partial charge in [-0.3, -0.25) is 4.79 Å². The summed E-state index contributed by atoms with van der Waals surface area (Å²) < 4.78 is 16.5. The van der Waals surface area contributed by atoms with Gasteiger partial charge in [-0.1, -0.05) is 22.9 Å². The van der Waals surface area contributed by atoms with Crippen molar-refractivity contribution < 1.29 is 23.8 Å². The molecule has 1 heterocycles. The summed E-state index contributed by atoms with van der Waals surface area (Å²) in [6, 6.07) is 3.14. The first-order valence-corrected chi connectivity index (χ1v) is 9.22. The number of methoxy groups -OCH3 is 3. The zero-order valence-electron chi connectivity index (χ0n) is 15.5. The van der Waals surface area contributed by atoms with E-state index >= 15 is 0 Å². The van der Waals surface area contributed by atoms with Gasteiger partial charge in [-0.15, -0.1) is 0 Å². The summed E-state index contributed by atoms with van der Waals surface area (Å²) in [4.78, 5) is 26.3. The van der Waals surface area contributed by atoms with Crippen molar-refractivity contribution in [1.82, 2.24) is 4.90 Å². The van der Waals surface area contributed by atoms with Crippen LogP contribution in [0.1, 0.15) is 25.3 Å². The van der Waals surface area contributed by atoms with Gasteiger partial charge in [0.15, 0.2) is 17.3 Å². The molecular weight excluding hydrogens is 402 g/mol. The highest BCUT2D eigenvalue weighted by molar-refractivity contribution is 9.10. The highest BCUT2D eigenvalue weighted by atomic mass is 79.9. The molecule has 142 valence electrons. The van der Waals surface area contributed by atoms with Crippen molar-refractivity contribution >= 4 is 27.7 Å².